The van der Waals surface area contributed by atoms with Crippen molar-refractivity contribution in [1.82, 2.24) is 15.0 Å². The number of nitrogens with zero attached hydrogens (tertiary/aromatic N) is 3. The van der Waals surface area contributed by atoms with Gasteiger partial charge >= 0.3 is 0 Å². The van der Waals surface area contributed by atoms with Crippen molar-refractivity contribution in [1.29, 1.82) is 0 Å². The van der Waals surface area contributed by atoms with Crippen LogP contribution in [0.15, 0.2) is 28.8 Å². The Morgan fingerprint density at radius 1 is 1.35 bits per heavy atom. The van der Waals surface area contributed by atoms with E-state index in [9.17, 15) is 9.50 Å². The van der Waals surface area contributed by atoms with Gasteiger partial charge in [-0.05, 0) is 57.5 Å². The van der Waals surface area contributed by atoms with Crippen molar-refractivity contribution in [3.63, 3.8) is 0 Å². The van der Waals surface area contributed by atoms with Gasteiger partial charge in [0.15, 0.2) is 0 Å². The minimum Gasteiger partial charge on any atom is -0.389 e. The van der Waals surface area contributed by atoms with E-state index in [2.05, 4.69) is 15.0 Å². The number of hydrogen-bond acceptors (Lipinski definition) is 5. The Morgan fingerprint density at radius 3 is 2.78 bits per heavy atom. The fourth-order valence-electron chi connectivity index (χ4n) is 3.07. The summed E-state index contributed by atoms with van der Waals surface area (Å²) in [6.07, 6.45) is 2.03. The van der Waals surface area contributed by atoms with Gasteiger partial charge in [-0.15, -0.1) is 0 Å². The third-order valence-corrected chi connectivity index (χ3v) is 4.01. The molecule has 0 aliphatic carbocycles. The molecule has 1 aliphatic heterocycles. The molecule has 5 nitrogen and oxygen atoms in total. The number of aromatic nitrogens is 2. The molecule has 0 radical (unpaired) electrons. The van der Waals surface area contributed by atoms with Crippen molar-refractivity contribution in [2.45, 2.75) is 38.2 Å². The van der Waals surface area contributed by atoms with Gasteiger partial charge in [0.1, 0.15) is 5.82 Å². The Morgan fingerprint density at radius 2 is 2.09 bits per heavy atom. The van der Waals surface area contributed by atoms with E-state index in [-0.39, 0.29) is 11.7 Å². The van der Waals surface area contributed by atoms with Gasteiger partial charge in [0, 0.05) is 18.7 Å². The lowest BCUT2D eigenvalue weighted by Crippen LogP contribution is -2.43. The molecule has 3 rings (SSSR count). The maximum atomic E-state index is 13.0. The summed E-state index contributed by atoms with van der Waals surface area (Å²) < 4.78 is 18.4. The lowest BCUT2D eigenvalue weighted by atomic mass is 9.96. The molecule has 0 saturated carbocycles. The number of halogens is 1. The van der Waals surface area contributed by atoms with E-state index in [1.54, 1.807) is 12.1 Å². The van der Waals surface area contributed by atoms with Gasteiger partial charge in [-0.1, -0.05) is 5.16 Å². The normalized spacial score (nSPS) is 19.9. The van der Waals surface area contributed by atoms with Gasteiger partial charge in [-0.25, -0.2) is 4.39 Å². The molecule has 1 unspecified atom stereocenters. The largest absolute Gasteiger partial charge is 0.389 e. The Kier molecular flexibility index (Phi) is 4.46. The zero-order chi connectivity index (χ0) is 16.4. The summed E-state index contributed by atoms with van der Waals surface area (Å²) >= 11 is 0. The highest BCUT2D eigenvalue weighted by atomic mass is 19.1. The topological polar surface area (TPSA) is 62.4 Å². The summed E-state index contributed by atoms with van der Waals surface area (Å²) in [5.41, 5.74) is 0.0290. The van der Waals surface area contributed by atoms with Gasteiger partial charge in [-0.3, -0.25) is 4.90 Å². The molecular weight excluding hydrogens is 297 g/mol. The molecule has 1 aromatic heterocycles. The highest BCUT2D eigenvalue weighted by molar-refractivity contribution is 5.53. The molecule has 2 heterocycles. The zero-order valence-corrected chi connectivity index (χ0v) is 13.5. The quantitative estimate of drug-likeness (QED) is 0.939. The van der Waals surface area contributed by atoms with Crippen LogP contribution in [0.5, 0.6) is 0 Å². The Balaban J connectivity index is 1.71. The van der Waals surface area contributed by atoms with E-state index >= 15 is 0 Å². The number of piperidine rings is 1. The highest BCUT2D eigenvalue weighted by Gasteiger charge is 2.28. The van der Waals surface area contributed by atoms with Crippen LogP contribution in [0.2, 0.25) is 0 Å². The number of likely N-dealkylation sites (tertiary alicyclic amines) is 1. The molecular formula is C17H22FN3O2. The Hall–Kier alpha value is -1.79. The molecule has 0 bridgehead atoms. The second-order valence-corrected chi connectivity index (χ2v) is 6.85. The van der Waals surface area contributed by atoms with Crippen LogP contribution in [-0.4, -0.2) is 45.4 Å². The van der Waals surface area contributed by atoms with Crippen LogP contribution >= 0.6 is 0 Å². The number of aliphatic hydroxyl groups is 1. The predicted octanol–water partition coefficient (Wildman–Crippen LogP) is 2.83. The van der Waals surface area contributed by atoms with E-state index < -0.39 is 5.60 Å². The third kappa shape index (κ3) is 4.14. The van der Waals surface area contributed by atoms with Crippen molar-refractivity contribution in [3.05, 3.63) is 36.0 Å². The third-order valence-electron chi connectivity index (χ3n) is 4.01. The summed E-state index contributed by atoms with van der Waals surface area (Å²) in [5, 5.41) is 14.0. The van der Waals surface area contributed by atoms with Crippen molar-refractivity contribution in [3.8, 4) is 11.4 Å². The summed E-state index contributed by atoms with van der Waals surface area (Å²) in [6, 6.07) is 6.06. The summed E-state index contributed by atoms with van der Waals surface area (Å²) in [6.45, 7) is 6.03. The van der Waals surface area contributed by atoms with E-state index in [1.165, 1.54) is 12.1 Å². The van der Waals surface area contributed by atoms with Crippen molar-refractivity contribution in [2.75, 3.05) is 19.6 Å². The van der Waals surface area contributed by atoms with Gasteiger partial charge in [0.05, 0.1) is 11.5 Å². The van der Waals surface area contributed by atoms with Crippen LogP contribution in [0, 0.1) is 5.82 Å². The minimum atomic E-state index is -0.712. The average molecular weight is 319 g/mol. The van der Waals surface area contributed by atoms with Crippen LogP contribution in [-0.2, 0) is 0 Å². The molecule has 124 valence electrons. The molecule has 0 spiro atoms. The predicted molar refractivity (Wildman–Crippen MR) is 84.4 cm³/mol. The molecule has 1 fully saturated rings. The first-order chi connectivity index (χ1) is 10.9. The zero-order valence-electron chi connectivity index (χ0n) is 13.5. The van der Waals surface area contributed by atoms with Crippen molar-refractivity contribution >= 4 is 0 Å². The molecule has 6 heteroatoms. The summed E-state index contributed by atoms with van der Waals surface area (Å²) in [7, 11) is 0. The van der Waals surface area contributed by atoms with E-state index in [1.807, 2.05) is 13.8 Å². The first-order valence-electron chi connectivity index (χ1n) is 7.95. The first kappa shape index (κ1) is 16.1. The van der Waals surface area contributed by atoms with Crippen LogP contribution < -0.4 is 0 Å². The van der Waals surface area contributed by atoms with Gasteiger partial charge in [0.2, 0.25) is 11.7 Å². The maximum absolute atomic E-state index is 13.0. The molecule has 0 amide bonds. The van der Waals surface area contributed by atoms with Gasteiger partial charge in [0.25, 0.3) is 0 Å². The second kappa shape index (κ2) is 6.37. The van der Waals surface area contributed by atoms with Gasteiger partial charge in [-0.2, -0.15) is 4.98 Å². The summed E-state index contributed by atoms with van der Waals surface area (Å²) in [5.74, 6) is 0.990. The van der Waals surface area contributed by atoms with Crippen molar-refractivity contribution < 1.29 is 14.0 Å². The first-order valence-corrected chi connectivity index (χ1v) is 7.95. The van der Waals surface area contributed by atoms with E-state index in [0.29, 0.717) is 18.3 Å². The lowest BCUT2D eigenvalue weighted by Gasteiger charge is -2.34. The number of hydrogen-bond donors (Lipinski definition) is 1. The highest BCUT2D eigenvalue weighted by Crippen LogP contribution is 2.28. The molecule has 1 aliphatic rings. The van der Waals surface area contributed by atoms with Crippen molar-refractivity contribution in [2.24, 2.45) is 0 Å². The standard InChI is InChI=1S/C17H22FN3O2/c1-17(2,22)11-21-9-3-4-13(10-21)16-19-15(20-23-16)12-5-7-14(18)8-6-12/h5-8,13,22H,3-4,9-11H2,1-2H3. The Bertz CT molecular complexity index is 649. The minimum absolute atomic E-state index is 0.174. The molecule has 23 heavy (non-hydrogen) atoms. The van der Waals surface area contributed by atoms with Crippen LogP contribution in [0.1, 0.15) is 38.5 Å². The van der Waals surface area contributed by atoms with Crippen LogP contribution in [0.3, 0.4) is 0 Å². The fraction of sp³-hybridized carbons (Fsp3) is 0.529. The number of β-amino-alcohol motifs (C(OH)–C–C–N with tert-alkyl or cyclic N) is 1. The molecule has 1 saturated heterocycles. The van der Waals surface area contributed by atoms with Crippen LogP contribution in [0.4, 0.5) is 4.39 Å². The molecule has 2 aromatic rings. The average Bonchev–Trinajstić information content (AvgIpc) is 2.96. The fourth-order valence-corrected chi connectivity index (χ4v) is 3.07. The van der Waals surface area contributed by atoms with Crippen LogP contribution in [0.25, 0.3) is 11.4 Å². The Labute approximate surface area is 135 Å². The summed E-state index contributed by atoms with van der Waals surface area (Å²) in [4.78, 5) is 6.71. The SMILES string of the molecule is CC(C)(O)CN1CCCC(c2nc(-c3ccc(F)cc3)no2)C1. The molecule has 1 atom stereocenters. The van der Waals surface area contributed by atoms with E-state index in [0.717, 1.165) is 31.5 Å². The molecule has 1 aromatic carbocycles. The smallest absolute Gasteiger partial charge is 0.231 e. The number of rotatable bonds is 4. The number of benzene rings is 1. The molecule has 1 N–H and O–H groups in total. The van der Waals surface area contributed by atoms with E-state index in [4.69, 9.17) is 4.52 Å². The lowest BCUT2D eigenvalue weighted by molar-refractivity contribution is 0.0253. The second-order valence-electron chi connectivity index (χ2n) is 6.85. The monoisotopic (exact) mass is 319 g/mol. The maximum Gasteiger partial charge on any atom is 0.231 e. The van der Waals surface area contributed by atoms with Gasteiger partial charge < -0.3 is 9.63 Å².